The highest BCUT2D eigenvalue weighted by Gasteiger charge is 2.05. The fourth-order valence-electron chi connectivity index (χ4n) is 0.625. The van der Waals surface area contributed by atoms with Crippen LogP contribution in [0.2, 0.25) is 0 Å². The lowest BCUT2D eigenvalue weighted by atomic mass is 10.1. The number of rotatable bonds is 4. The van der Waals surface area contributed by atoms with Gasteiger partial charge in [0.2, 0.25) is 0 Å². The van der Waals surface area contributed by atoms with Crippen LogP contribution in [0.15, 0.2) is 17.3 Å². The van der Waals surface area contributed by atoms with Gasteiger partial charge in [0.15, 0.2) is 0 Å². The Labute approximate surface area is 80.5 Å². The van der Waals surface area contributed by atoms with Crippen LogP contribution in [0.3, 0.4) is 0 Å². The summed E-state index contributed by atoms with van der Waals surface area (Å²) in [4.78, 5) is 4.02. The van der Waals surface area contributed by atoms with Crippen LogP contribution >= 0.6 is 0 Å². The Morgan fingerprint density at radius 2 is 2.08 bits per heavy atom. The molecule has 0 heterocycles. The maximum atomic E-state index is 6.88. The molecule has 0 rings (SSSR count). The van der Waals surface area contributed by atoms with Crippen LogP contribution in [-0.2, 0) is 0 Å². The number of hydrogen-bond donors (Lipinski definition) is 2. The highest BCUT2D eigenvalue weighted by Crippen LogP contribution is 1.96. The fourth-order valence-corrected chi connectivity index (χ4v) is 0.625. The summed E-state index contributed by atoms with van der Waals surface area (Å²) in [5, 5.41) is 10.2. The Kier molecular flexibility index (Phi) is 5.23. The van der Waals surface area contributed by atoms with Crippen molar-refractivity contribution in [3.8, 4) is 0 Å². The monoisotopic (exact) mass is 181 g/mol. The third kappa shape index (κ3) is 8.95. The lowest BCUT2D eigenvalue weighted by Gasteiger charge is -2.18. The minimum Gasteiger partial charge on any atom is -0.309 e. The average molecular weight is 181 g/mol. The first-order valence-electron chi connectivity index (χ1n) is 4.40. The van der Waals surface area contributed by atoms with Gasteiger partial charge in [0.25, 0.3) is 0 Å². The number of nitrogens with one attached hydrogen (secondary N) is 2. The zero-order chi connectivity index (χ0) is 10.3. The van der Waals surface area contributed by atoms with Crippen LogP contribution in [0.5, 0.6) is 0 Å². The second kappa shape index (κ2) is 5.65. The molecule has 0 aromatic rings. The second-order valence-electron chi connectivity index (χ2n) is 3.93. The van der Waals surface area contributed by atoms with Gasteiger partial charge in [-0.25, -0.2) is 0 Å². The molecule has 0 aliphatic heterocycles. The first kappa shape index (κ1) is 12.0. The Morgan fingerprint density at radius 1 is 1.46 bits per heavy atom. The molecule has 0 radical (unpaired) electrons. The van der Waals surface area contributed by atoms with Gasteiger partial charge in [-0.1, -0.05) is 6.08 Å². The maximum Gasteiger partial charge on any atom is 0.0547 e. The Hall–Kier alpha value is -0.960. The molecule has 0 aromatic heterocycles. The standard InChI is InChI=1S/C10H19N3/c1-9(8-11)12-6-5-7-13-10(2,3)4/h5-6,8,11,13H,7H2,1-4H3/b6-5+,11-8?,12-9?. The van der Waals surface area contributed by atoms with E-state index in [-0.39, 0.29) is 5.54 Å². The largest absolute Gasteiger partial charge is 0.309 e. The molecule has 0 atom stereocenters. The summed E-state index contributed by atoms with van der Waals surface area (Å²) < 4.78 is 0. The highest BCUT2D eigenvalue weighted by molar-refractivity contribution is 6.28. The summed E-state index contributed by atoms with van der Waals surface area (Å²) in [5.41, 5.74) is 0.858. The van der Waals surface area contributed by atoms with Gasteiger partial charge in [-0.2, -0.15) is 0 Å². The van der Waals surface area contributed by atoms with E-state index in [9.17, 15) is 0 Å². The molecule has 0 spiro atoms. The van der Waals surface area contributed by atoms with Crippen LogP contribution in [0.4, 0.5) is 0 Å². The van der Waals surface area contributed by atoms with Crippen molar-refractivity contribution in [2.75, 3.05) is 6.54 Å². The molecule has 0 saturated heterocycles. The van der Waals surface area contributed by atoms with Crippen molar-refractivity contribution in [3.63, 3.8) is 0 Å². The van der Waals surface area contributed by atoms with Crippen LogP contribution in [0, 0.1) is 5.41 Å². The summed E-state index contributed by atoms with van der Waals surface area (Å²) >= 11 is 0. The first-order chi connectivity index (χ1) is 5.95. The quantitative estimate of drug-likeness (QED) is 0.640. The fraction of sp³-hybridized carbons (Fsp3) is 0.600. The Bertz CT molecular complexity index is 209. The molecule has 74 valence electrons. The topological polar surface area (TPSA) is 48.2 Å². The summed E-state index contributed by atoms with van der Waals surface area (Å²) in [5.74, 6) is 0. The third-order valence-electron chi connectivity index (χ3n) is 1.34. The van der Waals surface area contributed by atoms with E-state index >= 15 is 0 Å². The van der Waals surface area contributed by atoms with Crippen molar-refractivity contribution in [2.45, 2.75) is 33.2 Å². The summed E-state index contributed by atoms with van der Waals surface area (Å²) in [6, 6.07) is 0. The lowest BCUT2D eigenvalue weighted by molar-refractivity contribution is 0.449. The SMILES string of the molecule is CC(C=N)=N/C=C/CNC(C)(C)C. The van der Waals surface area contributed by atoms with Gasteiger partial charge < -0.3 is 10.7 Å². The molecular formula is C10H19N3. The average Bonchev–Trinajstić information content (AvgIpc) is 2.01. The van der Waals surface area contributed by atoms with Gasteiger partial charge in [0.1, 0.15) is 0 Å². The number of nitrogens with zero attached hydrogens (tertiary/aromatic N) is 1. The molecule has 0 amide bonds. The van der Waals surface area contributed by atoms with Gasteiger partial charge >= 0.3 is 0 Å². The zero-order valence-electron chi connectivity index (χ0n) is 8.89. The molecule has 3 nitrogen and oxygen atoms in total. The molecule has 0 fully saturated rings. The predicted octanol–water partition coefficient (Wildman–Crippen LogP) is 2.00. The van der Waals surface area contributed by atoms with Crippen LogP contribution in [0.1, 0.15) is 27.7 Å². The summed E-state index contributed by atoms with van der Waals surface area (Å²) in [6.45, 7) is 8.96. The molecule has 0 unspecified atom stereocenters. The van der Waals surface area contributed by atoms with Gasteiger partial charge in [0, 0.05) is 24.5 Å². The third-order valence-corrected chi connectivity index (χ3v) is 1.34. The molecule has 0 aliphatic carbocycles. The van der Waals surface area contributed by atoms with Gasteiger partial charge in [-0.05, 0) is 27.7 Å². The zero-order valence-corrected chi connectivity index (χ0v) is 8.89. The van der Waals surface area contributed by atoms with Crippen LogP contribution in [0.25, 0.3) is 0 Å². The van der Waals surface area contributed by atoms with Crippen molar-refractivity contribution in [1.29, 1.82) is 5.41 Å². The number of hydrogen-bond acceptors (Lipinski definition) is 3. The van der Waals surface area contributed by atoms with Crippen molar-refractivity contribution in [3.05, 3.63) is 12.3 Å². The second-order valence-corrected chi connectivity index (χ2v) is 3.93. The van der Waals surface area contributed by atoms with E-state index in [1.807, 2.05) is 6.08 Å². The molecule has 0 saturated carbocycles. The lowest BCUT2D eigenvalue weighted by Crippen LogP contribution is -2.35. The smallest absolute Gasteiger partial charge is 0.0547 e. The van der Waals surface area contributed by atoms with E-state index < -0.39 is 0 Å². The first-order valence-corrected chi connectivity index (χ1v) is 4.40. The maximum absolute atomic E-state index is 6.88. The van der Waals surface area contributed by atoms with E-state index in [4.69, 9.17) is 5.41 Å². The highest BCUT2D eigenvalue weighted by atomic mass is 14.9. The van der Waals surface area contributed by atoms with Gasteiger partial charge in [-0.3, -0.25) is 4.99 Å². The Morgan fingerprint density at radius 3 is 2.54 bits per heavy atom. The van der Waals surface area contributed by atoms with Crippen molar-refractivity contribution < 1.29 is 0 Å². The Balaban J connectivity index is 3.71. The minimum absolute atomic E-state index is 0.143. The minimum atomic E-state index is 0.143. The predicted molar refractivity (Wildman–Crippen MR) is 58.8 cm³/mol. The van der Waals surface area contributed by atoms with Gasteiger partial charge in [0.05, 0.1) is 5.71 Å². The summed E-state index contributed by atoms with van der Waals surface area (Å²) in [6.07, 6.45) is 4.90. The molecule has 0 aliphatic rings. The van der Waals surface area contributed by atoms with Gasteiger partial charge in [-0.15, -0.1) is 0 Å². The van der Waals surface area contributed by atoms with Crippen LogP contribution < -0.4 is 5.32 Å². The normalized spacial score (nSPS) is 13.7. The molecule has 13 heavy (non-hydrogen) atoms. The van der Waals surface area contributed by atoms with E-state index in [2.05, 4.69) is 31.1 Å². The van der Waals surface area contributed by atoms with E-state index in [1.54, 1.807) is 13.1 Å². The van der Waals surface area contributed by atoms with Crippen LogP contribution in [-0.4, -0.2) is 24.0 Å². The van der Waals surface area contributed by atoms with E-state index in [1.165, 1.54) is 6.21 Å². The molecule has 2 N–H and O–H groups in total. The van der Waals surface area contributed by atoms with E-state index in [0.717, 1.165) is 6.54 Å². The van der Waals surface area contributed by atoms with Crippen molar-refractivity contribution in [1.82, 2.24) is 5.32 Å². The van der Waals surface area contributed by atoms with Crippen molar-refractivity contribution >= 4 is 11.9 Å². The van der Waals surface area contributed by atoms with Crippen molar-refractivity contribution in [2.24, 2.45) is 4.99 Å². The van der Waals surface area contributed by atoms with E-state index in [0.29, 0.717) is 5.71 Å². The summed E-state index contributed by atoms with van der Waals surface area (Å²) in [7, 11) is 0. The molecule has 0 bridgehead atoms. The molecule has 0 aromatic carbocycles. The number of aliphatic imine (C=N–C) groups is 1. The molecular weight excluding hydrogens is 162 g/mol. The molecule has 3 heteroatoms.